The first-order valence-corrected chi connectivity index (χ1v) is 7.66. The van der Waals surface area contributed by atoms with Crippen molar-refractivity contribution in [3.05, 3.63) is 41.8 Å². The van der Waals surface area contributed by atoms with Crippen molar-refractivity contribution in [2.75, 3.05) is 11.4 Å². The van der Waals surface area contributed by atoms with Crippen LogP contribution in [0.3, 0.4) is 0 Å². The molecule has 1 saturated heterocycles. The number of carboxylic acid groups (broad SMARTS) is 1. The van der Waals surface area contributed by atoms with Crippen molar-refractivity contribution in [3.63, 3.8) is 0 Å². The summed E-state index contributed by atoms with van der Waals surface area (Å²) in [4.78, 5) is 22.0. The average molecular weight is 315 g/mol. The number of benzene rings is 1. The zero-order chi connectivity index (χ0) is 16.4. The van der Waals surface area contributed by atoms with Crippen LogP contribution in [0.15, 0.2) is 30.3 Å². The van der Waals surface area contributed by atoms with Crippen LogP contribution < -0.4 is 4.90 Å². The van der Waals surface area contributed by atoms with Crippen molar-refractivity contribution >= 4 is 11.8 Å². The van der Waals surface area contributed by atoms with E-state index in [-0.39, 0.29) is 5.82 Å². The van der Waals surface area contributed by atoms with Crippen molar-refractivity contribution in [3.8, 4) is 11.4 Å². The number of carboxylic acids is 1. The molecule has 0 bridgehead atoms. The Morgan fingerprint density at radius 2 is 2.09 bits per heavy atom. The van der Waals surface area contributed by atoms with E-state index in [1.54, 1.807) is 36.1 Å². The number of hydrogen-bond donors (Lipinski definition) is 1. The smallest absolute Gasteiger partial charge is 0.326 e. The minimum atomic E-state index is -0.853. The third kappa shape index (κ3) is 3.16. The molecule has 0 amide bonds. The second-order valence-electron chi connectivity index (χ2n) is 5.71. The van der Waals surface area contributed by atoms with Gasteiger partial charge < -0.3 is 10.0 Å². The van der Waals surface area contributed by atoms with Crippen LogP contribution >= 0.6 is 0 Å². The normalized spacial score (nSPS) is 18.0. The van der Waals surface area contributed by atoms with Gasteiger partial charge in [-0.05, 0) is 38.3 Å². The van der Waals surface area contributed by atoms with E-state index in [4.69, 9.17) is 0 Å². The largest absolute Gasteiger partial charge is 0.480 e. The quantitative estimate of drug-likeness (QED) is 0.943. The van der Waals surface area contributed by atoms with E-state index in [0.717, 1.165) is 12.8 Å². The second kappa shape index (κ2) is 6.32. The molecule has 120 valence electrons. The van der Waals surface area contributed by atoms with Gasteiger partial charge in [-0.3, -0.25) is 0 Å². The third-order valence-corrected chi connectivity index (χ3v) is 4.04. The Kier molecular flexibility index (Phi) is 4.23. The lowest BCUT2D eigenvalue weighted by molar-refractivity contribution is -0.139. The number of nitrogens with zero attached hydrogens (tertiary/aromatic N) is 3. The number of aryl methyl sites for hydroxylation is 1. The Labute approximate surface area is 133 Å². The molecule has 1 fully saturated rings. The van der Waals surface area contributed by atoms with Gasteiger partial charge in [0.05, 0.1) is 5.56 Å². The van der Waals surface area contributed by atoms with Gasteiger partial charge in [0.2, 0.25) is 0 Å². The lowest BCUT2D eigenvalue weighted by atomic mass is 10.0. The number of aromatic nitrogens is 2. The van der Waals surface area contributed by atoms with Crippen LogP contribution in [0.5, 0.6) is 0 Å². The Balaban J connectivity index is 2.03. The summed E-state index contributed by atoms with van der Waals surface area (Å²) in [6.07, 6.45) is 2.40. The Hall–Kier alpha value is -2.50. The molecule has 2 heterocycles. The molecular weight excluding hydrogens is 297 g/mol. The average Bonchev–Trinajstić information content (AvgIpc) is 2.54. The number of hydrogen-bond acceptors (Lipinski definition) is 4. The molecular formula is C17H18FN3O2. The molecule has 0 radical (unpaired) electrons. The van der Waals surface area contributed by atoms with Crippen LogP contribution in [0.1, 0.15) is 25.0 Å². The standard InChI is InChI=1S/C17H18FN3O2/c1-11-10-15(21-9-5-4-8-14(21)17(22)23)20-16(19-11)12-6-2-3-7-13(12)18/h2-3,6-7,10,14H,4-5,8-9H2,1H3,(H,22,23). The molecule has 1 aliphatic heterocycles. The second-order valence-corrected chi connectivity index (χ2v) is 5.71. The highest BCUT2D eigenvalue weighted by Crippen LogP contribution is 2.27. The fourth-order valence-corrected chi connectivity index (χ4v) is 2.92. The minimum absolute atomic E-state index is 0.285. The molecule has 5 nitrogen and oxygen atoms in total. The van der Waals surface area contributed by atoms with E-state index < -0.39 is 17.8 Å². The fraction of sp³-hybridized carbons (Fsp3) is 0.353. The summed E-state index contributed by atoms with van der Waals surface area (Å²) < 4.78 is 14.0. The molecule has 23 heavy (non-hydrogen) atoms. The van der Waals surface area contributed by atoms with Crippen LogP contribution in [-0.2, 0) is 4.79 Å². The van der Waals surface area contributed by atoms with Gasteiger partial charge in [-0.2, -0.15) is 0 Å². The van der Waals surface area contributed by atoms with Gasteiger partial charge in [0.25, 0.3) is 0 Å². The molecule has 1 aromatic carbocycles. The Morgan fingerprint density at radius 3 is 2.83 bits per heavy atom. The van der Waals surface area contributed by atoms with E-state index in [9.17, 15) is 14.3 Å². The van der Waals surface area contributed by atoms with Crippen LogP contribution in [-0.4, -0.2) is 33.6 Å². The highest BCUT2D eigenvalue weighted by molar-refractivity contribution is 5.78. The van der Waals surface area contributed by atoms with Crippen LogP contribution in [0.25, 0.3) is 11.4 Å². The molecule has 1 atom stereocenters. The molecule has 0 saturated carbocycles. The molecule has 0 aliphatic carbocycles. The van der Waals surface area contributed by atoms with E-state index in [1.165, 1.54) is 6.07 Å². The molecule has 3 rings (SSSR count). The van der Waals surface area contributed by atoms with Gasteiger partial charge >= 0.3 is 5.97 Å². The highest BCUT2D eigenvalue weighted by Gasteiger charge is 2.30. The lowest BCUT2D eigenvalue weighted by Gasteiger charge is -2.34. The summed E-state index contributed by atoms with van der Waals surface area (Å²) in [5.41, 5.74) is 1.00. The number of anilines is 1. The molecule has 1 unspecified atom stereocenters. The van der Waals surface area contributed by atoms with Gasteiger partial charge in [-0.1, -0.05) is 12.1 Å². The third-order valence-electron chi connectivity index (χ3n) is 4.04. The molecule has 2 aromatic rings. The first kappa shape index (κ1) is 15.4. The van der Waals surface area contributed by atoms with Gasteiger partial charge in [0.15, 0.2) is 5.82 Å². The number of piperidine rings is 1. The van der Waals surface area contributed by atoms with E-state index in [0.29, 0.717) is 30.0 Å². The summed E-state index contributed by atoms with van der Waals surface area (Å²) in [7, 11) is 0. The summed E-state index contributed by atoms with van der Waals surface area (Å²) >= 11 is 0. The predicted molar refractivity (Wildman–Crippen MR) is 84.8 cm³/mol. The van der Waals surface area contributed by atoms with Crippen LogP contribution in [0.2, 0.25) is 0 Å². The highest BCUT2D eigenvalue weighted by atomic mass is 19.1. The first-order valence-electron chi connectivity index (χ1n) is 7.66. The zero-order valence-electron chi connectivity index (χ0n) is 12.9. The summed E-state index contributed by atoms with van der Waals surface area (Å²) in [5.74, 6) is -0.415. The van der Waals surface area contributed by atoms with Crippen molar-refractivity contribution in [2.45, 2.75) is 32.2 Å². The molecule has 1 aromatic heterocycles. The van der Waals surface area contributed by atoms with Crippen molar-refractivity contribution < 1.29 is 14.3 Å². The fourth-order valence-electron chi connectivity index (χ4n) is 2.92. The molecule has 0 spiro atoms. The maximum atomic E-state index is 14.0. The number of rotatable bonds is 3. The van der Waals surface area contributed by atoms with E-state index in [1.807, 2.05) is 0 Å². The number of halogens is 1. The van der Waals surface area contributed by atoms with Gasteiger partial charge in [0.1, 0.15) is 17.7 Å². The Morgan fingerprint density at radius 1 is 1.30 bits per heavy atom. The topological polar surface area (TPSA) is 66.3 Å². The molecule has 6 heteroatoms. The van der Waals surface area contributed by atoms with E-state index in [2.05, 4.69) is 9.97 Å². The lowest BCUT2D eigenvalue weighted by Crippen LogP contribution is -2.45. The van der Waals surface area contributed by atoms with Crippen molar-refractivity contribution in [1.82, 2.24) is 9.97 Å². The first-order chi connectivity index (χ1) is 11.1. The maximum Gasteiger partial charge on any atom is 0.326 e. The van der Waals surface area contributed by atoms with Gasteiger partial charge in [-0.15, -0.1) is 0 Å². The summed E-state index contributed by atoms with van der Waals surface area (Å²) in [6.45, 7) is 2.43. The van der Waals surface area contributed by atoms with E-state index >= 15 is 0 Å². The zero-order valence-corrected chi connectivity index (χ0v) is 12.9. The minimum Gasteiger partial charge on any atom is -0.480 e. The molecule has 1 N–H and O–H groups in total. The Bertz CT molecular complexity index is 736. The van der Waals surface area contributed by atoms with Crippen molar-refractivity contribution in [2.24, 2.45) is 0 Å². The SMILES string of the molecule is Cc1cc(N2CCCCC2C(=O)O)nc(-c2ccccc2F)n1. The maximum absolute atomic E-state index is 14.0. The number of carbonyl (C=O) groups is 1. The van der Waals surface area contributed by atoms with Gasteiger partial charge in [-0.25, -0.2) is 19.2 Å². The van der Waals surface area contributed by atoms with Crippen molar-refractivity contribution in [1.29, 1.82) is 0 Å². The van der Waals surface area contributed by atoms with Gasteiger partial charge in [0, 0.05) is 18.3 Å². The summed E-state index contributed by atoms with van der Waals surface area (Å²) in [6, 6.07) is 7.49. The van der Waals surface area contributed by atoms with Crippen LogP contribution in [0.4, 0.5) is 10.2 Å². The monoisotopic (exact) mass is 315 g/mol. The van der Waals surface area contributed by atoms with Crippen LogP contribution in [0, 0.1) is 12.7 Å². The molecule has 1 aliphatic rings. The predicted octanol–water partition coefficient (Wildman–Crippen LogP) is 3.03. The summed E-state index contributed by atoms with van der Waals surface area (Å²) in [5, 5.41) is 9.42. The number of aliphatic carboxylic acids is 1.